The standard InChI is InChI=1S/C21H34N6O3/c1-20(2)12-27(20)15(7-6-10-25-19(22)23)18(29)26-13-8-9-16(30-5)14(11-13)17(28)21(3,4)24/h8-9,11,15H,6-7,10,12,24H2,1-5H3,(H,26,29)(H4,22,23,25). The summed E-state index contributed by atoms with van der Waals surface area (Å²) in [6.45, 7) is 8.76. The molecule has 1 heterocycles. The average Bonchev–Trinajstić information content (AvgIpc) is 3.27. The van der Waals surface area contributed by atoms with Gasteiger partial charge in [0.05, 0.1) is 24.3 Å². The monoisotopic (exact) mass is 418 g/mol. The van der Waals surface area contributed by atoms with E-state index in [4.69, 9.17) is 21.9 Å². The summed E-state index contributed by atoms with van der Waals surface area (Å²) in [6.07, 6.45) is 1.29. The highest BCUT2D eigenvalue weighted by Crippen LogP contribution is 2.35. The van der Waals surface area contributed by atoms with Crippen molar-refractivity contribution in [3.05, 3.63) is 23.8 Å². The van der Waals surface area contributed by atoms with Gasteiger partial charge in [-0.2, -0.15) is 0 Å². The van der Waals surface area contributed by atoms with Crippen LogP contribution in [0.1, 0.15) is 50.9 Å². The summed E-state index contributed by atoms with van der Waals surface area (Å²) in [5.41, 5.74) is 16.5. The number of ether oxygens (including phenoxy) is 1. The number of aliphatic imine (C=N–C) groups is 1. The van der Waals surface area contributed by atoms with Crippen molar-refractivity contribution >= 4 is 23.3 Å². The first-order valence-corrected chi connectivity index (χ1v) is 10.0. The van der Waals surface area contributed by atoms with E-state index in [0.29, 0.717) is 36.4 Å². The van der Waals surface area contributed by atoms with Gasteiger partial charge < -0.3 is 27.3 Å². The average molecular weight is 419 g/mol. The van der Waals surface area contributed by atoms with Crippen LogP contribution in [-0.2, 0) is 4.79 Å². The number of guanidine groups is 1. The van der Waals surface area contributed by atoms with Gasteiger partial charge in [0.1, 0.15) is 5.75 Å². The number of Topliss-reactive ketones (excluding diaryl/α,β-unsaturated/α-hetero) is 1. The normalized spacial score (nSPS) is 18.3. The van der Waals surface area contributed by atoms with Gasteiger partial charge in [-0.25, -0.2) is 0 Å². The van der Waals surface area contributed by atoms with Gasteiger partial charge in [-0.05, 0) is 58.7 Å². The van der Waals surface area contributed by atoms with Crippen LogP contribution >= 0.6 is 0 Å². The molecule has 1 aliphatic heterocycles. The first kappa shape index (κ1) is 23.6. The molecule has 0 spiro atoms. The zero-order valence-corrected chi connectivity index (χ0v) is 18.5. The zero-order chi connectivity index (χ0) is 22.7. The van der Waals surface area contributed by atoms with Crippen LogP contribution < -0.4 is 27.3 Å². The van der Waals surface area contributed by atoms with Crippen molar-refractivity contribution in [2.75, 3.05) is 25.5 Å². The summed E-state index contributed by atoms with van der Waals surface area (Å²) in [7, 11) is 1.49. The van der Waals surface area contributed by atoms with Gasteiger partial charge in [0.2, 0.25) is 5.91 Å². The Morgan fingerprint density at radius 1 is 1.33 bits per heavy atom. The highest BCUT2D eigenvalue weighted by Gasteiger charge is 2.49. The van der Waals surface area contributed by atoms with Crippen LogP contribution in [0, 0.1) is 0 Å². The van der Waals surface area contributed by atoms with Gasteiger partial charge in [0.25, 0.3) is 0 Å². The zero-order valence-electron chi connectivity index (χ0n) is 18.5. The van der Waals surface area contributed by atoms with Crippen molar-refractivity contribution in [3.8, 4) is 5.75 Å². The molecule has 2 atom stereocenters. The summed E-state index contributed by atoms with van der Waals surface area (Å²) >= 11 is 0. The second-order valence-electron chi connectivity index (χ2n) is 8.86. The fourth-order valence-electron chi connectivity index (χ4n) is 3.37. The number of carbonyl (C=O) groups excluding carboxylic acids is 2. The molecule has 7 N–H and O–H groups in total. The Morgan fingerprint density at radius 2 is 1.97 bits per heavy atom. The number of methoxy groups -OCH3 is 1. The molecule has 0 saturated carbocycles. The van der Waals surface area contributed by atoms with Gasteiger partial charge in [-0.1, -0.05) is 0 Å². The minimum atomic E-state index is -1.06. The second-order valence-corrected chi connectivity index (χ2v) is 8.86. The van der Waals surface area contributed by atoms with E-state index in [-0.39, 0.29) is 29.2 Å². The van der Waals surface area contributed by atoms with E-state index < -0.39 is 5.54 Å². The third kappa shape index (κ3) is 5.93. The van der Waals surface area contributed by atoms with Gasteiger partial charge in [-0.15, -0.1) is 0 Å². The van der Waals surface area contributed by atoms with Gasteiger partial charge >= 0.3 is 0 Å². The van der Waals surface area contributed by atoms with Gasteiger partial charge in [0.15, 0.2) is 11.7 Å². The number of nitrogens with one attached hydrogen (secondary N) is 1. The lowest BCUT2D eigenvalue weighted by Crippen LogP contribution is -2.41. The number of carbonyl (C=O) groups is 2. The van der Waals surface area contributed by atoms with E-state index in [1.54, 1.807) is 32.0 Å². The van der Waals surface area contributed by atoms with Crippen LogP contribution in [0.5, 0.6) is 5.75 Å². The van der Waals surface area contributed by atoms with Crippen molar-refractivity contribution in [2.24, 2.45) is 22.2 Å². The maximum atomic E-state index is 13.1. The number of rotatable bonds is 10. The first-order chi connectivity index (χ1) is 13.9. The fourth-order valence-corrected chi connectivity index (χ4v) is 3.37. The molecule has 1 aromatic carbocycles. The highest BCUT2D eigenvalue weighted by molar-refractivity contribution is 6.06. The minimum Gasteiger partial charge on any atom is -0.496 e. The molecule has 166 valence electrons. The molecule has 1 amide bonds. The Labute approximate surface area is 178 Å². The number of nitrogens with zero attached hydrogens (tertiary/aromatic N) is 2. The van der Waals surface area contributed by atoms with Crippen molar-refractivity contribution < 1.29 is 14.3 Å². The predicted molar refractivity (Wildman–Crippen MR) is 119 cm³/mol. The Kier molecular flexibility index (Phi) is 7.10. The van der Waals surface area contributed by atoms with E-state index >= 15 is 0 Å². The summed E-state index contributed by atoms with van der Waals surface area (Å²) in [4.78, 5) is 31.9. The number of ketones is 1. The molecule has 1 aliphatic rings. The first-order valence-electron chi connectivity index (χ1n) is 10.0. The molecular formula is C21H34N6O3. The molecule has 1 aromatic rings. The molecule has 0 aliphatic carbocycles. The third-order valence-corrected chi connectivity index (χ3v) is 5.14. The maximum absolute atomic E-state index is 13.1. The summed E-state index contributed by atoms with van der Waals surface area (Å²) < 4.78 is 5.30. The molecule has 0 aromatic heterocycles. The van der Waals surface area contributed by atoms with Crippen molar-refractivity contribution in [1.82, 2.24) is 4.90 Å². The van der Waals surface area contributed by atoms with Crippen LogP contribution in [0.2, 0.25) is 0 Å². The predicted octanol–water partition coefficient (Wildman–Crippen LogP) is 1.07. The van der Waals surface area contributed by atoms with Crippen LogP contribution in [0.25, 0.3) is 0 Å². The molecule has 1 fully saturated rings. The minimum absolute atomic E-state index is 0.0250. The lowest BCUT2D eigenvalue weighted by molar-refractivity contribution is -0.120. The molecule has 9 heteroatoms. The Hall–Kier alpha value is -2.65. The number of amides is 1. The molecule has 30 heavy (non-hydrogen) atoms. The highest BCUT2D eigenvalue weighted by atomic mass is 16.5. The maximum Gasteiger partial charge on any atom is 0.241 e. The Bertz CT molecular complexity index is 825. The van der Waals surface area contributed by atoms with Crippen LogP contribution in [0.4, 0.5) is 5.69 Å². The van der Waals surface area contributed by atoms with E-state index in [9.17, 15) is 9.59 Å². The molecular weight excluding hydrogens is 384 g/mol. The summed E-state index contributed by atoms with van der Waals surface area (Å²) in [6, 6.07) is 4.66. The molecule has 9 nitrogen and oxygen atoms in total. The quantitative estimate of drug-likeness (QED) is 0.146. The Morgan fingerprint density at radius 3 is 2.47 bits per heavy atom. The van der Waals surface area contributed by atoms with Crippen LogP contribution in [0.15, 0.2) is 23.2 Å². The lowest BCUT2D eigenvalue weighted by Gasteiger charge is -2.22. The number of benzene rings is 1. The Balaban J connectivity index is 2.18. The van der Waals surface area contributed by atoms with Gasteiger partial charge in [-0.3, -0.25) is 19.5 Å². The molecule has 0 bridgehead atoms. The lowest BCUT2D eigenvalue weighted by atomic mass is 9.93. The van der Waals surface area contributed by atoms with E-state index in [0.717, 1.165) is 6.54 Å². The molecule has 2 rings (SSSR count). The largest absolute Gasteiger partial charge is 0.496 e. The molecule has 1 saturated heterocycles. The van der Waals surface area contributed by atoms with Gasteiger partial charge in [0, 0.05) is 24.3 Å². The third-order valence-electron chi connectivity index (χ3n) is 5.14. The van der Waals surface area contributed by atoms with Crippen molar-refractivity contribution in [3.63, 3.8) is 0 Å². The summed E-state index contributed by atoms with van der Waals surface area (Å²) in [5, 5.41) is 2.93. The van der Waals surface area contributed by atoms with E-state index in [2.05, 4.69) is 29.1 Å². The fraction of sp³-hybridized carbons (Fsp3) is 0.571. The second kappa shape index (κ2) is 9.01. The number of nitrogens with two attached hydrogens (primary N) is 3. The van der Waals surface area contributed by atoms with Crippen LogP contribution in [-0.4, -0.2) is 59.9 Å². The van der Waals surface area contributed by atoms with Crippen LogP contribution in [0.3, 0.4) is 0 Å². The summed E-state index contributed by atoms with van der Waals surface area (Å²) in [5.74, 6) is 0.0517. The number of hydrogen-bond acceptors (Lipinski definition) is 6. The van der Waals surface area contributed by atoms with E-state index in [1.165, 1.54) is 7.11 Å². The van der Waals surface area contributed by atoms with Crippen molar-refractivity contribution in [2.45, 2.75) is 57.7 Å². The van der Waals surface area contributed by atoms with Crippen molar-refractivity contribution in [1.29, 1.82) is 0 Å². The van der Waals surface area contributed by atoms with E-state index in [1.807, 2.05) is 0 Å². The number of anilines is 1. The smallest absolute Gasteiger partial charge is 0.241 e. The molecule has 0 radical (unpaired) electrons. The topological polar surface area (TPSA) is 149 Å². The molecule has 2 unspecified atom stereocenters. The number of hydrogen-bond donors (Lipinski definition) is 4. The SMILES string of the molecule is COc1ccc(NC(=O)C(CCCN=C(N)N)N2CC2(C)C)cc1C(=O)C(C)(C)N.